The zero-order chi connectivity index (χ0) is 27.9. The number of esters is 1. The van der Waals surface area contributed by atoms with Crippen LogP contribution in [0.4, 0.5) is 0 Å². The quantitative estimate of drug-likeness (QED) is 0.177. The smallest absolute Gasteiger partial charge is 0.349 e. The first kappa shape index (κ1) is 29.0. The van der Waals surface area contributed by atoms with Crippen LogP contribution in [0.5, 0.6) is 0 Å². The predicted molar refractivity (Wildman–Crippen MR) is 161 cm³/mol. The molecule has 0 amide bonds. The van der Waals surface area contributed by atoms with E-state index in [1.54, 1.807) is 0 Å². The van der Waals surface area contributed by atoms with Crippen molar-refractivity contribution in [2.24, 2.45) is 5.41 Å². The summed E-state index contributed by atoms with van der Waals surface area (Å²) in [6, 6.07) is 28.4. The lowest BCUT2D eigenvalue weighted by molar-refractivity contribution is -0.163. The van der Waals surface area contributed by atoms with Crippen molar-refractivity contribution in [2.45, 2.75) is 76.3 Å². The standard InChI is InChI=1S/C34H41NO3S/c1-25(2)28-18-11-12-19-30(28)39-31-29(36)22-34(38-32(31)37,27-16-9-6-10-17-27)24-33(3,4)20-13-21-35-23-26-14-7-5-8-15-26/h5-12,14-19,25,35-36H,13,20-24H2,1-4H3. The Morgan fingerprint density at radius 2 is 1.62 bits per heavy atom. The molecule has 1 heterocycles. The van der Waals surface area contributed by atoms with Gasteiger partial charge in [-0.2, -0.15) is 0 Å². The first-order valence-corrected chi connectivity index (χ1v) is 14.7. The van der Waals surface area contributed by atoms with Crippen LogP contribution in [0.1, 0.15) is 76.0 Å². The zero-order valence-corrected chi connectivity index (χ0v) is 24.4. The summed E-state index contributed by atoms with van der Waals surface area (Å²) in [7, 11) is 0. The predicted octanol–water partition coefficient (Wildman–Crippen LogP) is 8.50. The summed E-state index contributed by atoms with van der Waals surface area (Å²) in [6.07, 6.45) is 2.87. The Kier molecular flexibility index (Phi) is 9.58. The van der Waals surface area contributed by atoms with Crippen LogP contribution in [0.25, 0.3) is 0 Å². The Hall–Kier alpha value is -3.02. The van der Waals surface area contributed by atoms with Crippen LogP contribution in [-0.2, 0) is 21.7 Å². The number of benzene rings is 3. The van der Waals surface area contributed by atoms with E-state index in [2.05, 4.69) is 63.3 Å². The average molecular weight is 544 g/mol. The minimum absolute atomic E-state index is 0.110. The molecule has 1 aliphatic heterocycles. The first-order valence-electron chi connectivity index (χ1n) is 13.9. The molecule has 0 saturated carbocycles. The van der Waals surface area contributed by atoms with E-state index in [1.165, 1.54) is 17.3 Å². The fourth-order valence-corrected chi connectivity index (χ4v) is 6.58. The highest BCUT2D eigenvalue weighted by Gasteiger charge is 2.46. The van der Waals surface area contributed by atoms with Crippen LogP contribution in [-0.4, -0.2) is 17.6 Å². The molecule has 0 spiro atoms. The number of ether oxygens (including phenoxy) is 1. The maximum Gasteiger partial charge on any atom is 0.349 e. The normalized spacial score (nSPS) is 17.9. The number of cyclic esters (lactones) is 1. The number of hydrogen-bond acceptors (Lipinski definition) is 5. The third kappa shape index (κ3) is 7.55. The van der Waals surface area contributed by atoms with Gasteiger partial charge in [-0.15, -0.1) is 0 Å². The molecular weight excluding hydrogens is 502 g/mol. The molecule has 0 saturated heterocycles. The maximum absolute atomic E-state index is 13.5. The molecule has 39 heavy (non-hydrogen) atoms. The van der Waals surface area contributed by atoms with Crippen LogP contribution in [0.2, 0.25) is 0 Å². The van der Waals surface area contributed by atoms with Gasteiger partial charge in [0, 0.05) is 11.4 Å². The van der Waals surface area contributed by atoms with Gasteiger partial charge in [0.25, 0.3) is 0 Å². The molecule has 1 aliphatic rings. The van der Waals surface area contributed by atoms with Gasteiger partial charge in [-0.05, 0) is 59.9 Å². The van der Waals surface area contributed by atoms with Crippen molar-refractivity contribution in [2.75, 3.05) is 6.54 Å². The van der Waals surface area contributed by atoms with Crippen LogP contribution >= 0.6 is 11.8 Å². The summed E-state index contributed by atoms with van der Waals surface area (Å²) in [5.41, 5.74) is 2.33. The second kappa shape index (κ2) is 12.9. The Balaban J connectivity index is 1.49. The number of rotatable bonds is 12. The summed E-state index contributed by atoms with van der Waals surface area (Å²) in [4.78, 5) is 14.8. The van der Waals surface area contributed by atoms with E-state index in [0.717, 1.165) is 42.0 Å². The van der Waals surface area contributed by atoms with Gasteiger partial charge < -0.3 is 15.2 Å². The number of hydrogen-bond donors (Lipinski definition) is 2. The number of thioether (sulfide) groups is 1. The summed E-state index contributed by atoms with van der Waals surface area (Å²) in [5.74, 6) is -0.0343. The summed E-state index contributed by atoms with van der Waals surface area (Å²) < 4.78 is 6.34. The molecule has 0 fully saturated rings. The largest absolute Gasteiger partial charge is 0.511 e. The Morgan fingerprint density at radius 1 is 0.974 bits per heavy atom. The topological polar surface area (TPSA) is 58.6 Å². The molecule has 0 aromatic heterocycles. The lowest BCUT2D eigenvalue weighted by Crippen LogP contribution is -2.41. The van der Waals surface area contributed by atoms with Crippen LogP contribution in [0, 0.1) is 5.41 Å². The molecule has 1 atom stereocenters. The molecule has 0 aliphatic carbocycles. The molecule has 5 heteroatoms. The SMILES string of the molecule is CC(C)c1ccccc1SC1=C(O)CC(CC(C)(C)CCCNCc2ccccc2)(c2ccccc2)OC1=O. The maximum atomic E-state index is 13.5. The average Bonchev–Trinajstić information content (AvgIpc) is 2.91. The van der Waals surface area contributed by atoms with E-state index in [4.69, 9.17) is 4.74 Å². The van der Waals surface area contributed by atoms with Crippen molar-refractivity contribution in [1.29, 1.82) is 0 Å². The lowest BCUT2D eigenvalue weighted by Gasteiger charge is -2.42. The molecule has 1 unspecified atom stereocenters. The third-order valence-electron chi connectivity index (χ3n) is 7.38. The summed E-state index contributed by atoms with van der Waals surface area (Å²) >= 11 is 1.31. The van der Waals surface area contributed by atoms with Gasteiger partial charge in [0.1, 0.15) is 16.3 Å². The molecule has 3 aromatic rings. The van der Waals surface area contributed by atoms with Crippen molar-refractivity contribution in [3.63, 3.8) is 0 Å². The van der Waals surface area contributed by atoms with E-state index < -0.39 is 11.6 Å². The molecule has 0 radical (unpaired) electrons. The molecule has 3 aromatic carbocycles. The van der Waals surface area contributed by atoms with E-state index in [-0.39, 0.29) is 22.5 Å². The molecule has 4 nitrogen and oxygen atoms in total. The first-order chi connectivity index (χ1) is 18.7. The number of nitrogens with one attached hydrogen (secondary N) is 1. The third-order valence-corrected chi connectivity index (χ3v) is 8.58. The van der Waals surface area contributed by atoms with Gasteiger partial charge in [0.15, 0.2) is 0 Å². The van der Waals surface area contributed by atoms with Crippen molar-refractivity contribution < 1.29 is 14.6 Å². The zero-order valence-electron chi connectivity index (χ0n) is 23.6. The second-order valence-electron chi connectivity index (χ2n) is 11.6. The molecular formula is C34H41NO3S. The van der Waals surface area contributed by atoms with Gasteiger partial charge in [0.2, 0.25) is 0 Å². The van der Waals surface area contributed by atoms with Gasteiger partial charge in [-0.1, -0.05) is 118 Å². The van der Waals surface area contributed by atoms with E-state index in [1.807, 2.05) is 54.6 Å². The minimum atomic E-state index is -0.912. The summed E-state index contributed by atoms with van der Waals surface area (Å²) in [6.45, 7) is 10.5. The fraction of sp³-hybridized carbons (Fsp3) is 0.382. The molecule has 4 rings (SSSR count). The Labute approximate surface area is 237 Å². The van der Waals surface area contributed by atoms with Gasteiger partial charge >= 0.3 is 5.97 Å². The molecule has 0 bridgehead atoms. The Bertz CT molecular complexity index is 1270. The highest BCUT2D eigenvalue weighted by Crippen LogP contribution is 2.49. The van der Waals surface area contributed by atoms with Gasteiger partial charge in [0.05, 0.1) is 6.42 Å². The van der Waals surface area contributed by atoms with Crippen molar-refractivity contribution in [3.8, 4) is 0 Å². The van der Waals surface area contributed by atoms with Crippen molar-refractivity contribution in [1.82, 2.24) is 5.32 Å². The lowest BCUT2D eigenvalue weighted by atomic mass is 9.72. The van der Waals surface area contributed by atoms with Crippen molar-refractivity contribution in [3.05, 3.63) is 112 Å². The fourth-order valence-electron chi connectivity index (χ4n) is 5.47. The highest BCUT2D eigenvalue weighted by atomic mass is 32.2. The van der Waals surface area contributed by atoms with Crippen LogP contribution < -0.4 is 5.32 Å². The van der Waals surface area contributed by atoms with Crippen LogP contribution in [0.3, 0.4) is 0 Å². The minimum Gasteiger partial charge on any atom is -0.511 e. The van der Waals surface area contributed by atoms with E-state index in [9.17, 15) is 9.90 Å². The highest BCUT2D eigenvalue weighted by molar-refractivity contribution is 8.04. The van der Waals surface area contributed by atoms with E-state index in [0.29, 0.717) is 12.3 Å². The molecule has 2 N–H and O–H groups in total. The van der Waals surface area contributed by atoms with E-state index >= 15 is 0 Å². The number of carbonyl (C=O) groups excluding carboxylic acids is 1. The number of aliphatic hydroxyl groups excluding tert-OH is 1. The second-order valence-corrected chi connectivity index (χ2v) is 12.7. The molecule has 206 valence electrons. The van der Waals surface area contributed by atoms with Crippen LogP contribution in [0.15, 0.2) is 100 Å². The van der Waals surface area contributed by atoms with Crippen molar-refractivity contribution >= 4 is 17.7 Å². The number of carbonyl (C=O) groups is 1. The Morgan fingerprint density at radius 3 is 2.28 bits per heavy atom. The van der Waals surface area contributed by atoms with Gasteiger partial charge in [-0.25, -0.2) is 4.79 Å². The van der Waals surface area contributed by atoms with Gasteiger partial charge in [-0.3, -0.25) is 0 Å². The summed E-state index contributed by atoms with van der Waals surface area (Å²) in [5, 5.41) is 14.9. The monoisotopic (exact) mass is 543 g/mol. The number of aliphatic hydroxyl groups is 1.